The van der Waals surface area contributed by atoms with Gasteiger partial charge in [0.05, 0.1) is 12.0 Å². The fourth-order valence-corrected chi connectivity index (χ4v) is 3.55. The van der Waals surface area contributed by atoms with E-state index in [1.807, 2.05) is 17.8 Å². The molecule has 2 atom stereocenters. The Morgan fingerprint density at radius 1 is 1.06 bits per heavy atom. The molecule has 2 heteroatoms. The number of nitrogens with zero attached hydrogens (tertiary/aromatic N) is 1. The Morgan fingerprint density at radius 3 is 2.56 bits per heavy atom. The van der Waals surface area contributed by atoms with Crippen LogP contribution in [0.5, 0.6) is 0 Å². The summed E-state index contributed by atoms with van der Waals surface area (Å²) in [4.78, 5) is 1.30. The molecule has 0 aliphatic heterocycles. The second-order valence-electron chi connectivity index (χ2n) is 4.34. The first kappa shape index (κ1) is 11.5. The van der Waals surface area contributed by atoms with E-state index in [0.29, 0.717) is 5.25 Å². The van der Waals surface area contributed by atoms with Crippen molar-refractivity contribution in [3.63, 3.8) is 0 Å². The number of hydrogen-bond donors (Lipinski definition) is 0. The molecule has 0 N–H and O–H groups in total. The molecule has 1 fully saturated rings. The van der Waals surface area contributed by atoms with Crippen LogP contribution in [0.2, 0.25) is 0 Å². The van der Waals surface area contributed by atoms with E-state index in [1.54, 1.807) is 0 Å². The maximum atomic E-state index is 9.20. The molecule has 0 amide bonds. The maximum Gasteiger partial charge on any atom is 0.0667 e. The molecule has 2 unspecified atom stereocenters. The molecule has 1 nitrogen and oxygen atoms in total. The lowest BCUT2D eigenvalue weighted by Crippen LogP contribution is -2.13. The third-order valence-electron chi connectivity index (χ3n) is 3.15. The Kier molecular flexibility index (Phi) is 4.30. The molecular weight excluding hydrogens is 214 g/mol. The quantitative estimate of drug-likeness (QED) is 0.710. The lowest BCUT2D eigenvalue weighted by Gasteiger charge is -2.18. The van der Waals surface area contributed by atoms with Crippen molar-refractivity contribution >= 4 is 11.8 Å². The Morgan fingerprint density at radius 2 is 1.81 bits per heavy atom. The third kappa shape index (κ3) is 3.02. The summed E-state index contributed by atoms with van der Waals surface area (Å²) >= 11 is 1.89. The first-order valence-electron chi connectivity index (χ1n) is 6.01. The van der Waals surface area contributed by atoms with Crippen molar-refractivity contribution in [1.29, 1.82) is 5.26 Å². The van der Waals surface area contributed by atoms with E-state index in [4.69, 9.17) is 0 Å². The highest BCUT2D eigenvalue weighted by Gasteiger charge is 2.24. The largest absolute Gasteiger partial charge is 0.198 e. The Balaban J connectivity index is 2.04. The minimum absolute atomic E-state index is 0.243. The molecule has 0 spiro atoms. The van der Waals surface area contributed by atoms with Crippen LogP contribution in [0.4, 0.5) is 0 Å². The summed E-state index contributed by atoms with van der Waals surface area (Å²) in [5.74, 6) is 0.243. The van der Waals surface area contributed by atoms with Gasteiger partial charge in [-0.1, -0.05) is 37.5 Å². The van der Waals surface area contributed by atoms with Crippen LogP contribution in [-0.2, 0) is 0 Å². The monoisotopic (exact) mass is 231 g/mol. The normalized spacial score (nSPS) is 25.7. The van der Waals surface area contributed by atoms with Crippen molar-refractivity contribution in [1.82, 2.24) is 0 Å². The van der Waals surface area contributed by atoms with E-state index >= 15 is 0 Å². The van der Waals surface area contributed by atoms with Gasteiger partial charge in [0, 0.05) is 10.1 Å². The Labute approximate surface area is 102 Å². The lowest BCUT2D eigenvalue weighted by molar-refractivity contribution is 0.585. The fourth-order valence-electron chi connectivity index (χ4n) is 2.24. The van der Waals surface area contributed by atoms with Crippen LogP contribution in [0.15, 0.2) is 35.2 Å². The van der Waals surface area contributed by atoms with Crippen LogP contribution in [0.25, 0.3) is 0 Å². The lowest BCUT2D eigenvalue weighted by atomic mass is 10.0. The van der Waals surface area contributed by atoms with E-state index in [-0.39, 0.29) is 5.92 Å². The van der Waals surface area contributed by atoms with Crippen LogP contribution in [0.1, 0.15) is 32.1 Å². The Hall–Kier alpha value is -0.940. The summed E-state index contributed by atoms with van der Waals surface area (Å²) in [7, 11) is 0. The zero-order valence-electron chi connectivity index (χ0n) is 9.43. The molecule has 16 heavy (non-hydrogen) atoms. The van der Waals surface area contributed by atoms with Crippen LogP contribution in [0, 0.1) is 17.2 Å². The average Bonchev–Trinajstić information content (AvgIpc) is 2.55. The van der Waals surface area contributed by atoms with E-state index in [1.165, 1.54) is 30.6 Å². The third-order valence-corrected chi connectivity index (χ3v) is 4.56. The van der Waals surface area contributed by atoms with E-state index < -0.39 is 0 Å². The number of rotatable bonds is 2. The summed E-state index contributed by atoms with van der Waals surface area (Å²) in [6.07, 6.45) is 6.08. The van der Waals surface area contributed by atoms with E-state index in [2.05, 4.69) is 30.3 Å². The Bertz CT molecular complexity index is 355. The standard InChI is InChI=1S/C14H17NS/c15-11-12-7-3-1-6-10-14(12)16-13-8-4-2-5-9-13/h2,4-5,8-9,12,14H,1,3,6-7,10H2. The molecule has 1 aliphatic carbocycles. The van der Waals surface area contributed by atoms with E-state index in [9.17, 15) is 5.26 Å². The zero-order valence-corrected chi connectivity index (χ0v) is 10.2. The molecular formula is C14H17NS. The molecule has 0 radical (unpaired) electrons. The van der Waals surface area contributed by atoms with Gasteiger partial charge in [-0.2, -0.15) is 5.26 Å². The van der Waals surface area contributed by atoms with Crippen molar-refractivity contribution in [2.75, 3.05) is 0 Å². The van der Waals surface area contributed by atoms with Crippen LogP contribution in [0.3, 0.4) is 0 Å². The van der Waals surface area contributed by atoms with Gasteiger partial charge >= 0.3 is 0 Å². The van der Waals surface area contributed by atoms with Crippen LogP contribution >= 0.6 is 11.8 Å². The smallest absolute Gasteiger partial charge is 0.0667 e. The number of hydrogen-bond acceptors (Lipinski definition) is 2. The van der Waals surface area contributed by atoms with Crippen molar-refractivity contribution in [2.24, 2.45) is 5.92 Å². The molecule has 0 saturated heterocycles. The molecule has 84 valence electrons. The summed E-state index contributed by atoms with van der Waals surface area (Å²) in [5.41, 5.74) is 0. The molecule has 0 bridgehead atoms. The molecule has 2 rings (SSSR count). The van der Waals surface area contributed by atoms with Gasteiger partial charge in [-0.3, -0.25) is 0 Å². The minimum Gasteiger partial charge on any atom is -0.198 e. The molecule has 1 aromatic rings. The van der Waals surface area contributed by atoms with Crippen LogP contribution < -0.4 is 0 Å². The van der Waals surface area contributed by atoms with Gasteiger partial charge in [0.15, 0.2) is 0 Å². The molecule has 0 aromatic heterocycles. The second-order valence-corrected chi connectivity index (χ2v) is 5.66. The van der Waals surface area contributed by atoms with Crippen molar-refractivity contribution in [2.45, 2.75) is 42.2 Å². The molecule has 1 aromatic carbocycles. The van der Waals surface area contributed by atoms with Gasteiger partial charge in [0.1, 0.15) is 0 Å². The first-order valence-corrected chi connectivity index (χ1v) is 6.89. The van der Waals surface area contributed by atoms with Crippen molar-refractivity contribution < 1.29 is 0 Å². The van der Waals surface area contributed by atoms with Gasteiger partial charge in [-0.25, -0.2) is 0 Å². The summed E-state index contributed by atoms with van der Waals surface area (Å²) in [6.45, 7) is 0. The first-order chi connectivity index (χ1) is 7.90. The SMILES string of the molecule is N#CC1CCCCCC1Sc1ccccc1. The fraction of sp³-hybridized carbons (Fsp3) is 0.500. The highest BCUT2D eigenvalue weighted by atomic mass is 32.2. The van der Waals surface area contributed by atoms with Gasteiger partial charge in [-0.05, 0) is 25.0 Å². The summed E-state index contributed by atoms with van der Waals surface area (Å²) in [6, 6.07) is 13.0. The predicted molar refractivity (Wildman–Crippen MR) is 68.3 cm³/mol. The zero-order chi connectivity index (χ0) is 11.2. The highest BCUT2D eigenvalue weighted by molar-refractivity contribution is 8.00. The van der Waals surface area contributed by atoms with Gasteiger partial charge in [0.25, 0.3) is 0 Å². The van der Waals surface area contributed by atoms with E-state index in [0.717, 1.165) is 6.42 Å². The molecule has 1 saturated carbocycles. The van der Waals surface area contributed by atoms with Gasteiger partial charge < -0.3 is 0 Å². The summed E-state index contributed by atoms with van der Waals surface area (Å²) < 4.78 is 0. The van der Waals surface area contributed by atoms with Crippen LogP contribution in [-0.4, -0.2) is 5.25 Å². The topological polar surface area (TPSA) is 23.8 Å². The average molecular weight is 231 g/mol. The molecule has 0 heterocycles. The minimum atomic E-state index is 0.243. The number of thioether (sulfide) groups is 1. The second kappa shape index (κ2) is 5.96. The number of benzene rings is 1. The van der Waals surface area contributed by atoms with Crippen molar-refractivity contribution in [3.8, 4) is 6.07 Å². The van der Waals surface area contributed by atoms with Gasteiger partial charge in [0.2, 0.25) is 0 Å². The predicted octanol–water partition coefficient (Wildman–Crippen LogP) is 4.25. The van der Waals surface area contributed by atoms with Crippen molar-refractivity contribution in [3.05, 3.63) is 30.3 Å². The van der Waals surface area contributed by atoms with Gasteiger partial charge in [-0.15, -0.1) is 11.8 Å². The molecule has 1 aliphatic rings. The highest BCUT2D eigenvalue weighted by Crippen LogP contribution is 2.36. The number of nitriles is 1. The summed E-state index contributed by atoms with van der Waals surface area (Å²) in [5, 5.41) is 9.70. The maximum absolute atomic E-state index is 9.20.